The lowest BCUT2D eigenvalue weighted by molar-refractivity contribution is 0.772. The van der Waals surface area contributed by atoms with Crippen LogP contribution in [0.3, 0.4) is 0 Å². The topological polar surface area (TPSA) is 35.9 Å². The van der Waals surface area contributed by atoms with E-state index in [0.29, 0.717) is 11.6 Å². The predicted molar refractivity (Wildman–Crippen MR) is 51.7 cm³/mol. The molecule has 0 saturated heterocycles. The lowest BCUT2D eigenvalue weighted by Gasteiger charge is -2.01. The van der Waals surface area contributed by atoms with Crippen LogP contribution in [0, 0.1) is 5.41 Å². The van der Waals surface area contributed by atoms with Crippen LogP contribution < -0.4 is 5.32 Å². The lowest BCUT2D eigenvalue weighted by atomic mass is 10.2. The third kappa shape index (κ3) is 1.52. The minimum Gasteiger partial charge on any atom is -0.307 e. The van der Waals surface area contributed by atoms with E-state index in [9.17, 15) is 0 Å². The maximum Gasteiger partial charge on any atom is 0.0827 e. The van der Waals surface area contributed by atoms with E-state index in [1.165, 1.54) is 10.5 Å². The molecule has 0 aliphatic carbocycles. The zero-order valence-corrected chi connectivity index (χ0v) is 7.45. The number of rotatable bonds is 0. The summed E-state index contributed by atoms with van der Waals surface area (Å²) in [5, 5.41) is 11.5. The molecule has 0 unspecified atom stereocenters. The van der Waals surface area contributed by atoms with E-state index in [0.717, 1.165) is 6.54 Å². The van der Waals surface area contributed by atoms with Crippen molar-refractivity contribution in [3.63, 3.8) is 0 Å². The van der Waals surface area contributed by atoms with Gasteiger partial charge in [0.1, 0.15) is 0 Å². The summed E-state index contributed by atoms with van der Waals surface area (Å²) in [4.78, 5) is 1.22. The van der Waals surface area contributed by atoms with Crippen LogP contribution in [0.25, 0.3) is 0 Å². The largest absolute Gasteiger partial charge is 0.307 e. The van der Waals surface area contributed by atoms with Crippen molar-refractivity contribution in [1.82, 2.24) is 5.32 Å². The summed E-state index contributed by atoms with van der Waals surface area (Å²) in [5.74, 6) is 0. The van der Waals surface area contributed by atoms with Crippen LogP contribution in [0.1, 0.15) is 5.56 Å². The van der Waals surface area contributed by atoms with Gasteiger partial charge in [-0.1, -0.05) is 30.0 Å². The summed E-state index contributed by atoms with van der Waals surface area (Å²) in [7, 11) is 0. The van der Waals surface area contributed by atoms with Gasteiger partial charge in [-0.2, -0.15) is 0 Å². The summed E-state index contributed by atoms with van der Waals surface area (Å²) < 4.78 is 0. The molecule has 2 N–H and O–H groups in total. The Morgan fingerprint density at radius 1 is 1.25 bits per heavy atom. The summed E-state index contributed by atoms with van der Waals surface area (Å²) in [5.41, 5.74) is 1.30. The van der Waals surface area contributed by atoms with Gasteiger partial charge in [-0.3, -0.25) is 5.41 Å². The number of benzene rings is 1. The first-order valence-corrected chi connectivity index (χ1v) is 4.72. The summed E-state index contributed by atoms with van der Waals surface area (Å²) in [6.07, 6.45) is 0. The van der Waals surface area contributed by atoms with Crippen molar-refractivity contribution in [2.24, 2.45) is 0 Å². The van der Waals surface area contributed by atoms with Crippen molar-refractivity contribution in [2.75, 3.05) is 6.54 Å². The average molecular weight is 178 g/mol. The van der Waals surface area contributed by atoms with Crippen LogP contribution in [0.4, 0.5) is 0 Å². The fourth-order valence-electron chi connectivity index (χ4n) is 1.23. The van der Waals surface area contributed by atoms with E-state index < -0.39 is 0 Å². The third-order valence-electron chi connectivity index (χ3n) is 1.81. The molecule has 0 saturated carbocycles. The second kappa shape index (κ2) is 3.29. The molecule has 1 aromatic carbocycles. The second-order valence-corrected chi connectivity index (χ2v) is 3.87. The van der Waals surface area contributed by atoms with E-state index in [1.54, 1.807) is 11.8 Å². The van der Waals surface area contributed by atoms with Gasteiger partial charge in [0.2, 0.25) is 0 Å². The third-order valence-corrected chi connectivity index (χ3v) is 2.82. The van der Waals surface area contributed by atoms with Crippen LogP contribution in [0.2, 0.25) is 0 Å². The maximum absolute atomic E-state index is 7.56. The molecular weight excluding hydrogens is 168 g/mol. The Balaban J connectivity index is 2.37. The summed E-state index contributed by atoms with van der Waals surface area (Å²) in [6, 6.07) is 8.23. The van der Waals surface area contributed by atoms with Crippen LogP contribution in [-0.2, 0) is 6.54 Å². The highest BCUT2D eigenvalue weighted by molar-refractivity contribution is 8.14. The smallest absolute Gasteiger partial charge is 0.0827 e. The molecule has 3 heteroatoms. The molecule has 62 valence electrons. The van der Waals surface area contributed by atoms with E-state index >= 15 is 0 Å². The molecule has 2 nitrogen and oxygen atoms in total. The standard InChI is InChI=1S/C9H10N2S/c10-9-6-11-5-7-3-1-2-4-8(7)12-9/h1-4,10-11H,5-6H2. The van der Waals surface area contributed by atoms with E-state index in [-0.39, 0.29) is 0 Å². The Bertz CT molecular complexity index is 309. The SMILES string of the molecule is N=C1CNCc2ccccc2S1. The first kappa shape index (κ1) is 7.83. The lowest BCUT2D eigenvalue weighted by Crippen LogP contribution is -2.17. The van der Waals surface area contributed by atoms with Gasteiger partial charge in [-0.15, -0.1) is 0 Å². The Morgan fingerprint density at radius 3 is 3.00 bits per heavy atom. The number of fused-ring (bicyclic) bond motifs is 1. The van der Waals surface area contributed by atoms with Crippen LogP contribution in [-0.4, -0.2) is 11.6 Å². The van der Waals surface area contributed by atoms with E-state index in [2.05, 4.69) is 17.4 Å². The van der Waals surface area contributed by atoms with Gasteiger partial charge < -0.3 is 5.32 Å². The molecule has 1 aliphatic rings. The number of nitrogens with one attached hydrogen (secondary N) is 2. The van der Waals surface area contributed by atoms with Crippen molar-refractivity contribution in [1.29, 1.82) is 5.41 Å². The van der Waals surface area contributed by atoms with Gasteiger partial charge in [-0.25, -0.2) is 0 Å². The van der Waals surface area contributed by atoms with Gasteiger partial charge in [0, 0.05) is 18.0 Å². The van der Waals surface area contributed by atoms with Gasteiger partial charge in [-0.05, 0) is 11.6 Å². The number of thioether (sulfide) groups is 1. The summed E-state index contributed by atoms with van der Waals surface area (Å²) in [6.45, 7) is 1.57. The van der Waals surface area contributed by atoms with Crippen molar-refractivity contribution in [2.45, 2.75) is 11.4 Å². The van der Waals surface area contributed by atoms with Crippen molar-refractivity contribution >= 4 is 16.8 Å². The fraction of sp³-hybridized carbons (Fsp3) is 0.222. The highest BCUT2D eigenvalue weighted by Crippen LogP contribution is 2.24. The number of hydrogen-bond donors (Lipinski definition) is 2. The molecule has 1 aromatic rings. The molecule has 0 radical (unpaired) electrons. The molecule has 0 fully saturated rings. The normalized spacial score (nSPS) is 16.8. The van der Waals surface area contributed by atoms with Gasteiger partial charge in [0.05, 0.1) is 5.04 Å². The first-order chi connectivity index (χ1) is 5.86. The van der Waals surface area contributed by atoms with Gasteiger partial charge >= 0.3 is 0 Å². The average Bonchev–Trinajstić information content (AvgIpc) is 2.25. The highest BCUT2D eigenvalue weighted by atomic mass is 32.2. The zero-order valence-electron chi connectivity index (χ0n) is 6.63. The molecule has 2 rings (SSSR count). The van der Waals surface area contributed by atoms with E-state index in [1.807, 2.05) is 12.1 Å². The van der Waals surface area contributed by atoms with Crippen LogP contribution >= 0.6 is 11.8 Å². The molecule has 1 aliphatic heterocycles. The molecule has 0 atom stereocenters. The van der Waals surface area contributed by atoms with Crippen molar-refractivity contribution in [3.05, 3.63) is 29.8 Å². The predicted octanol–water partition coefficient (Wildman–Crippen LogP) is 1.86. The highest BCUT2D eigenvalue weighted by Gasteiger charge is 2.09. The second-order valence-electron chi connectivity index (χ2n) is 2.74. The van der Waals surface area contributed by atoms with Crippen LogP contribution in [0.5, 0.6) is 0 Å². The monoisotopic (exact) mass is 178 g/mol. The Hall–Kier alpha value is -0.800. The maximum atomic E-state index is 7.56. The Morgan fingerprint density at radius 2 is 2.08 bits per heavy atom. The molecule has 12 heavy (non-hydrogen) atoms. The zero-order chi connectivity index (χ0) is 8.39. The molecule has 0 spiro atoms. The summed E-state index contributed by atoms with van der Waals surface area (Å²) >= 11 is 1.55. The minimum absolute atomic E-state index is 0.694. The van der Waals surface area contributed by atoms with Crippen molar-refractivity contribution < 1.29 is 0 Å². The molecular formula is C9H10N2S. The molecule has 1 heterocycles. The van der Waals surface area contributed by atoms with Gasteiger partial charge in [0.25, 0.3) is 0 Å². The molecule has 0 bridgehead atoms. The Labute approximate surface area is 75.9 Å². The first-order valence-electron chi connectivity index (χ1n) is 3.90. The quantitative estimate of drug-likeness (QED) is 0.636. The van der Waals surface area contributed by atoms with Crippen LogP contribution in [0.15, 0.2) is 29.2 Å². The fourth-order valence-corrected chi connectivity index (χ4v) is 2.09. The van der Waals surface area contributed by atoms with Crippen molar-refractivity contribution in [3.8, 4) is 0 Å². The minimum atomic E-state index is 0.694. The van der Waals surface area contributed by atoms with E-state index in [4.69, 9.17) is 5.41 Å². The molecule has 0 aromatic heterocycles. The van der Waals surface area contributed by atoms with Gasteiger partial charge in [0.15, 0.2) is 0 Å². The number of hydrogen-bond acceptors (Lipinski definition) is 3. The molecule has 0 amide bonds. The Kier molecular flexibility index (Phi) is 2.15.